The number of benzene rings is 1. The second kappa shape index (κ2) is 7.20. The van der Waals surface area contributed by atoms with Crippen molar-refractivity contribution in [3.8, 4) is 0 Å². The van der Waals surface area contributed by atoms with Crippen LogP contribution in [0.3, 0.4) is 0 Å². The zero-order chi connectivity index (χ0) is 14.4. The van der Waals surface area contributed by atoms with Gasteiger partial charge in [0.25, 0.3) is 5.91 Å². The van der Waals surface area contributed by atoms with E-state index in [0.29, 0.717) is 16.7 Å². The number of pyridine rings is 1. The lowest BCUT2D eigenvalue weighted by atomic mass is 10.1. The highest BCUT2D eigenvalue weighted by atomic mass is 79.9. The quantitative estimate of drug-likeness (QED) is 0.784. The Kier molecular flexibility index (Phi) is 5.30. The second-order valence-corrected chi connectivity index (χ2v) is 5.30. The molecule has 1 heterocycles. The monoisotopic (exact) mass is 332 g/mol. The van der Waals surface area contributed by atoms with Crippen LogP contribution in [0.25, 0.3) is 0 Å². The fourth-order valence-electron chi connectivity index (χ4n) is 2.03. The molecule has 2 aromatic rings. The van der Waals surface area contributed by atoms with E-state index < -0.39 is 0 Å². The zero-order valence-electron chi connectivity index (χ0n) is 11.4. The Hall–Kier alpha value is -1.68. The summed E-state index contributed by atoms with van der Waals surface area (Å²) in [4.78, 5) is 18.3. The van der Waals surface area contributed by atoms with Crippen molar-refractivity contribution in [3.05, 3.63) is 64.4 Å². The van der Waals surface area contributed by atoms with Crippen LogP contribution in [-0.4, -0.2) is 28.9 Å². The number of nitrogens with zero attached hydrogens (tertiary/aromatic N) is 2. The van der Waals surface area contributed by atoms with Gasteiger partial charge in [0.15, 0.2) is 0 Å². The molecular formula is C16H17BrN2O. The number of hydrogen-bond acceptors (Lipinski definition) is 2. The minimum Gasteiger partial charge on any atom is -0.339 e. The summed E-state index contributed by atoms with van der Waals surface area (Å²) in [6.45, 7) is 3.42. The van der Waals surface area contributed by atoms with E-state index in [2.05, 4.69) is 33.0 Å². The summed E-state index contributed by atoms with van der Waals surface area (Å²) < 4.78 is 0.683. The lowest BCUT2D eigenvalue weighted by molar-refractivity contribution is 0.0766. The van der Waals surface area contributed by atoms with Crippen LogP contribution in [0, 0.1) is 0 Å². The lowest BCUT2D eigenvalue weighted by Crippen LogP contribution is -2.32. The maximum Gasteiger partial charge on any atom is 0.254 e. The summed E-state index contributed by atoms with van der Waals surface area (Å²) >= 11 is 3.30. The van der Waals surface area contributed by atoms with Crippen LogP contribution in [0.15, 0.2) is 53.3 Å². The molecule has 2 rings (SSSR count). The molecular weight excluding hydrogens is 316 g/mol. The molecule has 0 aliphatic carbocycles. The van der Waals surface area contributed by atoms with Crippen molar-refractivity contribution in [3.63, 3.8) is 0 Å². The first-order valence-corrected chi connectivity index (χ1v) is 7.44. The summed E-state index contributed by atoms with van der Waals surface area (Å²) in [5, 5.41) is 0. The molecule has 0 aliphatic heterocycles. The number of carbonyl (C=O) groups excluding carboxylic acids is 1. The summed E-state index contributed by atoms with van der Waals surface area (Å²) in [5.74, 6) is 0.0477. The van der Waals surface area contributed by atoms with Crippen molar-refractivity contribution in [1.82, 2.24) is 9.88 Å². The molecule has 4 heteroatoms. The first kappa shape index (κ1) is 14.7. The second-order valence-electron chi connectivity index (χ2n) is 4.49. The van der Waals surface area contributed by atoms with E-state index in [-0.39, 0.29) is 5.91 Å². The third-order valence-electron chi connectivity index (χ3n) is 3.16. The van der Waals surface area contributed by atoms with E-state index in [1.807, 2.05) is 30.0 Å². The molecule has 0 saturated carbocycles. The van der Waals surface area contributed by atoms with E-state index in [9.17, 15) is 4.79 Å². The average molecular weight is 333 g/mol. The summed E-state index contributed by atoms with van der Waals surface area (Å²) in [6, 6.07) is 13.7. The summed E-state index contributed by atoms with van der Waals surface area (Å²) in [7, 11) is 0. The number of carbonyl (C=O) groups is 1. The fourth-order valence-corrected chi connectivity index (χ4v) is 2.39. The van der Waals surface area contributed by atoms with Crippen molar-refractivity contribution < 1.29 is 4.79 Å². The lowest BCUT2D eigenvalue weighted by Gasteiger charge is -2.21. The molecule has 0 spiro atoms. The molecule has 1 aromatic carbocycles. The summed E-state index contributed by atoms with van der Waals surface area (Å²) in [5.41, 5.74) is 1.91. The van der Waals surface area contributed by atoms with Gasteiger partial charge in [-0.2, -0.15) is 0 Å². The first-order chi connectivity index (χ1) is 9.70. The van der Waals surface area contributed by atoms with Crippen molar-refractivity contribution >= 4 is 21.8 Å². The number of aromatic nitrogens is 1. The van der Waals surface area contributed by atoms with Crippen molar-refractivity contribution in [1.29, 1.82) is 0 Å². The van der Waals surface area contributed by atoms with Crippen LogP contribution in [0.1, 0.15) is 22.8 Å². The number of rotatable bonds is 5. The Labute approximate surface area is 127 Å². The average Bonchev–Trinajstić information content (AvgIpc) is 2.48. The molecule has 0 fully saturated rings. The molecule has 0 bridgehead atoms. The van der Waals surface area contributed by atoms with E-state index in [0.717, 1.165) is 13.0 Å². The van der Waals surface area contributed by atoms with Gasteiger partial charge in [-0.05, 0) is 47.0 Å². The third kappa shape index (κ3) is 3.90. The van der Waals surface area contributed by atoms with Gasteiger partial charge in [0.05, 0.1) is 0 Å². The third-order valence-corrected chi connectivity index (χ3v) is 3.59. The number of likely N-dealkylation sites (N-methyl/N-ethyl adjacent to an activating group) is 1. The minimum absolute atomic E-state index is 0.0477. The molecule has 0 radical (unpaired) electrons. The largest absolute Gasteiger partial charge is 0.339 e. The Morgan fingerprint density at radius 1 is 1.25 bits per heavy atom. The van der Waals surface area contributed by atoms with Gasteiger partial charge in [-0.25, -0.2) is 4.98 Å². The SMILES string of the molecule is CCN(CCc1ccccc1)C(=O)c1ccnc(Br)c1. The normalized spacial score (nSPS) is 10.3. The van der Waals surface area contributed by atoms with Gasteiger partial charge < -0.3 is 4.90 Å². The Bertz CT molecular complexity index is 572. The molecule has 0 saturated heterocycles. The first-order valence-electron chi connectivity index (χ1n) is 6.65. The fraction of sp³-hybridized carbons (Fsp3) is 0.250. The van der Waals surface area contributed by atoms with E-state index >= 15 is 0 Å². The molecule has 0 unspecified atom stereocenters. The van der Waals surface area contributed by atoms with Crippen LogP contribution in [-0.2, 0) is 6.42 Å². The van der Waals surface area contributed by atoms with Crippen LogP contribution in [0.5, 0.6) is 0 Å². The Balaban J connectivity index is 2.03. The number of amides is 1. The maximum atomic E-state index is 12.4. The zero-order valence-corrected chi connectivity index (χ0v) is 13.0. The molecule has 0 N–H and O–H groups in total. The summed E-state index contributed by atoms with van der Waals surface area (Å²) in [6.07, 6.45) is 2.51. The molecule has 104 valence electrons. The van der Waals surface area contributed by atoms with Gasteiger partial charge >= 0.3 is 0 Å². The molecule has 1 amide bonds. The van der Waals surface area contributed by atoms with Crippen molar-refractivity contribution in [2.24, 2.45) is 0 Å². The molecule has 3 nitrogen and oxygen atoms in total. The smallest absolute Gasteiger partial charge is 0.254 e. The highest BCUT2D eigenvalue weighted by Gasteiger charge is 2.14. The van der Waals surface area contributed by atoms with Crippen molar-refractivity contribution in [2.75, 3.05) is 13.1 Å². The van der Waals surface area contributed by atoms with Gasteiger partial charge in [-0.1, -0.05) is 30.3 Å². The van der Waals surface area contributed by atoms with Gasteiger partial charge in [-0.3, -0.25) is 4.79 Å². The van der Waals surface area contributed by atoms with Gasteiger partial charge in [0, 0.05) is 24.8 Å². The van der Waals surface area contributed by atoms with Crippen LogP contribution >= 0.6 is 15.9 Å². The van der Waals surface area contributed by atoms with E-state index in [4.69, 9.17) is 0 Å². The van der Waals surface area contributed by atoms with Crippen LogP contribution in [0.4, 0.5) is 0 Å². The van der Waals surface area contributed by atoms with Crippen LogP contribution in [0.2, 0.25) is 0 Å². The standard InChI is InChI=1S/C16H17BrN2O/c1-2-19(11-9-13-6-4-3-5-7-13)16(20)14-8-10-18-15(17)12-14/h3-8,10,12H,2,9,11H2,1H3. The molecule has 0 aliphatic rings. The number of hydrogen-bond donors (Lipinski definition) is 0. The highest BCUT2D eigenvalue weighted by Crippen LogP contribution is 2.11. The highest BCUT2D eigenvalue weighted by molar-refractivity contribution is 9.10. The van der Waals surface area contributed by atoms with Gasteiger partial charge in [0.2, 0.25) is 0 Å². The van der Waals surface area contributed by atoms with Gasteiger partial charge in [-0.15, -0.1) is 0 Å². The predicted molar refractivity (Wildman–Crippen MR) is 83.7 cm³/mol. The van der Waals surface area contributed by atoms with Crippen LogP contribution < -0.4 is 0 Å². The maximum absolute atomic E-state index is 12.4. The Morgan fingerprint density at radius 2 is 2.00 bits per heavy atom. The Morgan fingerprint density at radius 3 is 2.65 bits per heavy atom. The minimum atomic E-state index is 0.0477. The molecule has 1 aromatic heterocycles. The van der Waals surface area contributed by atoms with Gasteiger partial charge in [0.1, 0.15) is 4.60 Å². The van der Waals surface area contributed by atoms with E-state index in [1.165, 1.54) is 5.56 Å². The van der Waals surface area contributed by atoms with E-state index in [1.54, 1.807) is 18.3 Å². The molecule has 0 atom stereocenters. The predicted octanol–water partition coefficient (Wildman–Crippen LogP) is 3.55. The molecule has 20 heavy (non-hydrogen) atoms. The van der Waals surface area contributed by atoms with Crippen molar-refractivity contribution in [2.45, 2.75) is 13.3 Å². The number of halogens is 1. The topological polar surface area (TPSA) is 33.2 Å².